The maximum absolute atomic E-state index is 13.4. The molecule has 1 aliphatic carbocycles. The van der Waals surface area contributed by atoms with Gasteiger partial charge in [-0.2, -0.15) is 0 Å². The summed E-state index contributed by atoms with van der Waals surface area (Å²) in [5.41, 5.74) is 4.33. The zero-order valence-electron chi connectivity index (χ0n) is 17.7. The van der Waals surface area contributed by atoms with Crippen LogP contribution in [0.4, 0.5) is 10.1 Å². The summed E-state index contributed by atoms with van der Waals surface area (Å²) >= 11 is 1.35. The number of rotatable bonds is 7. The SMILES string of the molecule is O=C(CSc1nnc(-c2ccc(F)cc2)n1C[C@@H]1CCCO1)Nc1ccc2c(c1)CCC2. The number of carbonyl (C=O) groups excluding carboxylic acids is 1. The van der Waals surface area contributed by atoms with Gasteiger partial charge < -0.3 is 10.1 Å². The Labute approximate surface area is 190 Å². The molecule has 0 saturated carbocycles. The summed E-state index contributed by atoms with van der Waals surface area (Å²) in [4.78, 5) is 12.6. The number of carbonyl (C=O) groups is 1. The van der Waals surface area contributed by atoms with Crippen LogP contribution in [0.2, 0.25) is 0 Å². The molecule has 2 heterocycles. The minimum atomic E-state index is -0.295. The second kappa shape index (κ2) is 9.42. The summed E-state index contributed by atoms with van der Waals surface area (Å²) in [5.74, 6) is 0.506. The van der Waals surface area contributed by atoms with E-state index in [4.69, 9.17) is 4.74 Å². The molecule has 2 aromatic carbocycles. The van der Waals surface area contributed by atoms with E-state index in [-0.39, 0.29) is 23.6 Å². The number of fused-ring (bicyclic) bond motifs is 1. The molecule has 32 heavy (non-hydrogen) atoms. The summed E-state index contributed by atoms with van der Waals surface area (Å²) < 4.78 is 21.2. The first-order chi connectivity index (χ1) is 15.7. The number of ether oxygens (including phenoxy) is 1. The van der Waals surface area contributed by atoms with E-state index in [1.54, 1.807) is 12.1 Å². The first kappa shape index (κ1) is 21.2. The minimum Gasteiger partial charge on any atom is -0.376 e. The van der Waals surface area contributed by atoms with E-state index in [1.807, 2.05) is 10.6 Å². The molecule has 1 fully saturated rings. The highest BCUT2D eigenvalue weighted by atomic mass is 32.2. The third-order valence-corrected chi connectivity index (χ3v) is 6.91. The Hall–Kier alpha value is -2.71. The van der Waals surface area contributed by atoms with E-state index < -0.39 is 0 Å². The number of nitrogens with one attached hydrogen (secondary N) is 1. The normalized spacial score (nSPS) is 17.5. The molecule has 5 rings (SSSR count). The second-order valence-electron chi connectivity index (χ2n) is 8.23. The predicted molar refractivity (Wildman–Crippen MR) is 122 cm³/mol. The van der Waals surface area contributed by atoms with E-state index >= 15 is 0 Å². The van der Waals surface area contributed by atoms with Crippen molar-refractivity contribution in [3.63, 3.8) is 0 Å². The molecule has 0 radical (unpaired) electrons. The van der Waals surface area contributed by atoms with Gasteiger partial charge in [-0.15, -0.1) is 10.2 Å². The lowest BCUT2D eigenvalue weighted by atomic mass is 10.1. The molecule has 8 heteroatoms. The van der Waals surface area contributed by atoms with E-state index in [9.17, 15) is 9.18 Å². The van der Waals surface area contributed by atoms with E-state index in [1.165, 1.54) is 41.4 Å². The van der Waals surface area contributed by atoms with Crippen LogP contribution in [0.1, 0.15) is 30.4 Å². The molecule has 1 aliphatic heterocycles. The van der Waals surface area contributed by atoms with Gasteiger partial charge in [0.1, 0.15) is 5.82 Å². The number of anilines is 1. The van der Waals surface area contributed by atoms with Crippen LogP contribution in [0.5, 0.6) is 0 Å². The number of thioether (sulfide) groups is 1. The van der Waals surface area contributed by atoms with Gasteiger partial charge in [-0.1, -0.05) is 17.8 Å². The summed E-state index contributed by atoms with van der Waals surface area (Å²) in [6, 6.07) is 12.4. The van der Waals surface area contributed by atoms with Crippen LogP contribution in [0.3, 0.4) is 0 Å². The van der Waals surface area contributed by atoms with Crippen molar-refractivity contribution in [2.75, 3.05) is 17.7 Å². The largest absolute Gasteiger partial charge is 0.376 e. The van der Waals surface area contributed by atoms with Gasteiger partial charge in [0.05, 0.1) is 18.4 Å². The highest BCUT2D eigenvalue weighted by Crippen LogP contribution is 2.28. The van der Waals surface area contributed by atoms with Crippen molar-refractivity contribution in [3.8, 4) is 11.4 Å². The molecule has 2 aliphatic rings. The van der Waals surface area contributed by atoms with Crippen molar-refractivity contribution < 1.29 is 13.9 Å². The molecule has 1 aromatic heterocycles. The molecule has 0 spiro atoms. The fraction of sp³-hybridized carbons (Fsp3) is 0.375. The lowest BCUT2D eigenvalue weighted by Gasteiger charge is -2.15. The monoisotopic (exact) mass is 452 g/mol. The number of hydrogen-bond donors (Lipinski definition) is 1. The third kappa shape index (κ3) is 4.71. The molecule has 6 nitrogen and oxygen atoms in total. The fourth-order valence-electron chi connectivity index (χ4n) is 4.34. The van der Waals surface area contributed by atoms with E-state index in [2.05, 4.69) is 27.6 Å². The summed E-state index contributed by atoms with van der Waals surface area (Å²) in [6.07, 6.45) is 5.47. The molecule has 1 atom stereocenters. The molecule has 0 unspecified atom stereocenters. The van der Waals surface area contributed by atoms with Crippen molar-refractivity contribution >= 4 is 23.4 Å². The van der Waals surface area contributed by atoms with Crippen LogP contribution in [-0.2, 0) is 28.9 Å². The first-order valence-electron chi connectivity index (χ1n) is 11.0. The number of benzene rings is 2. The van der Waals surface area contributed by atoms with E-state index in [0.717, 1.165) is 43.5 Å². The minimum absolute atomic E-state index is 0.0806. The zero-order chi connectivity index (χ0) is 21.9. The standard InChI is InChI=1S/C24H25FN4O2S/c25-19-9-6-17(7-10-19)23-27-28-24(29(23)14-21-5-2-12-31-21)32-15-22(30)26-20-11-8-16-3-1-4-18(16)13-20/h6-11,13,21H,1-5,12,14-15H2,(H,26,30)/t21-/m0/s1. The van der Waals surface area contributed by atoms with E-state index in [0.29, 0.717) is 17.5 Å². The number of amides is 1. The molecule has 1 amide bonds. The first-order valence-corrected chi connectivity index (χ1v) is 12.0. The maximum Gasteiger partial charge on any atom is 0.234 e. The number of aryl methyl sites for hydroxylation is 2. The summed E-state index contributed by atoms with van der Waals surface area (Å²) in [6.45, 7) is 1.36. The Kier molecular flexibility index (Phi) is 6.23. The maximum atomic E-state index is 13.4. The van der Waals surface area contributed by atoms with Gasteiger partial charge in [-0.3, -0.25) is 9.36 Å². The average Bonchev–Trinajstić information content (AvgIpc) is 3.54. The van der Waals surface area contributed by atoms with Gasteiger partial charge in [0.25, 0.3) is 0 Å². The van der Waals surface area contributed by atoms with Gasteiger partial charge in [-0.05, 0) is 79.6 Å². The van der Waals surface area contributed by atoms with Gasteiger partial charge in [0.2, 0.25) is 5.91 Å². The lowest BCUT2D eigenvalue weighted by Crippen LogP contribution is -2.18. The van der Waals surface area contributed by atoms with Crippen molar-refractivity contribution in [2.45, 2.75) is 49.9 Å². The highest BCUT2D eigenvalue weighted by Gasteiger charge is 2.22. The topological polar surface area (TPSA) is 69.0 Å². The van der Waals surface area contributed by atoms with Crippen molar-refractivity contribution in [2.24, 2.45) is 0 Å². The quantitative estimate of drug-likeness (QED) is 0.535. The molecular weight excluding hydrogens is 427 g/mol. The smallest absolute Gasteiger partial charge is 0.234 e. The van der Waals surface area contributed by atoms with Crippen LogP contribution in [0, 0.1) is 5.82 Å². The number of halogens is 1. The lowest BCUT2D eigenvalue weighted by molar-refractivity contribution is -0.113. The van der Waals surface area contributed by atoms with Crippen molar-refractivity contribution in [1.82, 2.24) is 14.8 Å². The van der Waals surface area contributed by atoms with Crippen LogP contribution in [-0.4, -0.2) is 39.1 Å². The van der Waals surface area contributed by atoms with Crippen LogP contribution < -0.4 is 5.32 Å². The molecule has 3 aromatic rings. The van der Waals surface area contributed by atoms with Crippen molar-refractivity contribution in [3.05, 3.63) is 59.4 Å². The van der Waals surface area contributed by atoms with Gasteiger partial charge >= 0.3 is 0 Å². The molecule has 1 saturated heterocycles. The highest BCUT2D eigenvalue weighted by molar-refractivity contribution is 7.99. The molecule has 0 bridgehead atoms. The Morgan fingerprint density at radius 3 is 2.78 bits per heavy atom. The Balaban J connectivity index is 1.30. The van der Waals surface area contributed by atoms with Crippen molar-refractivity contribution in [1.29, 1.82) is 0 Å². The summed E-state index contributed by atoms with van der Waals surface area (Å²) in [5, 5.41) is 12.3. The molecule has 166 valence electrons. The second-order valence-corrected chi connectivity index (χ2v) is 9.18. The zero-order valence-corrected chi connectivity index (χ0v) is 18.5. The Morgan fingerprint density at radius 1 is 1.12 bits per heavy atom. The predicted octanol–water partition coefficient (Wildman–Crippen LogP) is 4.48. The number of aromatic nitrogens is 3. The summed E-state index contributed by atoms with van der Waals surface area (Å²) in [7, 11) is 0. The van der Waals surface area contributed by atoms with Crippen LogP contribution in [0.25, 0.3) is 11.4 Å². The van der Waals surface area contributed by atoms with Crippen LogP contribution in [0.15, 0.2) is 47.6 Å². The van der Waals surface area contributed by atoms with Gasteiger partial charge in [0.15, 0.2) is 11.0 Å². The average molecular weight is 453 g/mol. The fourth-order valence-corrected chi connectivity index (χ4v) is 5.09. The number of nitrogens with zero attached hydrogens (tertiary/aromatic N) is 3. The van der Waals surface area contributed by atoms with Gasteiger partial charge in [-0.25, -0.2) is 4.39 Å². The van der Waals surface area contributed by atoms with Gasteiger partial charge in [0, 0.05) is 17.9 Å². The third-order valence-electron chi connectivity index (χ3n) is 5.94. The Bertz CT molecular complexity index is 1110. The number of hydrogen-bond acceptors (Lipinski definition) is 5. The molecule has 1 N–H and O–H groups in total. The molecular formula is C24H25FN4O2S. The van der Waals surface area contributed by atoms with Crippen LogP contribution >= 0.6 is 11.8 Å². The Morgan fingerprint density at radius 2 is 1.97 bits per heavy atom.